The van der Waals surface area contributed by atoms with Gasteiger partial charge in [-0.05, 0) is 12.1 Å². The molecule has 0 heterocycles. The molecule has 94 valence electrons. The lowest BCUT2D eigenvalue weighted by atomic mass is 10.3. The van der Waals surface area contributed by atoms with Crippen LogP contribution in [0.3, 0.4) is 0 Å². The third-order valence-corrected chi connectivity index (χ3v) is 4.45. The smallest absolute Gasteiger partial charge is 0.263 e. The van der Waals surface area contributed by atoms with E-state index in [1.54, 1.807) is 0 Å². The molecule has 0 aliphatic carbocycles. The van der Waals surface area contributed by atoms with E-state index in [2.05, 4.69) is 0 Å². The molecule has 0 aromatic heterocycles. The first kappa shape index (κ1) is 14.4. The number of nitrogens with zero attached hydrogens (tertiary/aromatic N) is 1. The molecule has 0 unspecified atom stereocenters. The molecule has 0 bridgehead atoms. The first-order valence-corrected chi connectivity index (χ1v) is 6.93. The van der Waals surface area contributed by atoms with E-state index in [-0.39, 0.29) is 20.6 Å². The van der Waals surface area contributed by atoms with Crippen LogP contribution in [0.25, 0.3) is 0 Å². The maximum Gasteiger partial charge on any atom is 0.263 e. The van der Waals surface area contributed by atoms with E-state index >= 15 is 0 Å². The fourth-order valence-electron chi connectivity index (χ4n) is 1.04. The predicted octanol–water partition coefficient (Wildman–Crippen LogP) is 2.91. The molecular formula is C9H9Cl3N2O2S. The Morgan fingerprint density at radius 1 is 1.29 bits per heavy atom. The number of hydrogen-bond acceptors (Lipinski definition) is 3. The van der Waals surface area contributed by atoms with Crippen LogP contribution in [0.15, 0.2) is 28.8 Å². The van der Waals surface area contributed by atoms with Gasteiger partial charge in [-0.1, -0.05) is 34.8 Å². The van der Waals surface area contributed by atoms with Crippen LogP contribution in [0.4, 0.5) is 5.69 Å². The zero-order valence-electron chi connectivity index (χ0n) is 8.69. The third-order valence-electron chi connectivity index (χ3n) is 2.00. The lowest BCUT2D eigenvalue weighted by Crippen LogP contribution is -2.21. The zero-order chi connectivity index (χ0) is 13.2. The molecule has 4 nitrogen and oxygen atoms in total. The fourth-order valence-corrected chi connectivity index (χ4v) is 2.98. The minimum absolute atomic E-state index is 0.0565. The second-order valence-electron chi connectivity index (χ2n) is 3.10. The minimum Gasteiger partial charge on any atom is -0.396 e. The van der Waals surface area contributed by atoms with Gasteiger partial charge in [0.1, 0.15) is 0 Å². The normalized spacial score (nSPS) is 12.0. The quantitative estimate of drug-likeness (QED) is 0.872. The lowest BCUT2D eigenvalue weighted by molar-refractivity contribution is 0.539. The first-order chi connectivity index (χ1) is 7.80. The molecule has 0 saturated carbocycles. The molecule has 0 radical (unpaired) electrons. The summed E-state index contributed by atoms with van der Waals surface area (Å²) >= 11 is 16.9. The second-order valence-corrected chi connectivity index (χ2v) is 6.16. The van der Waals surface area contributed by atoms with Crippen molar-refractivity contribution in [3.8, 4) is 0 Å². The molecule has 2 N–H and O–H groups in total. The van der Waals surface area contributed by atoms with E-state index in [0.29, 0.717) is 0 Å². The molecule has 1 aromatic carbocycles. The van der Waals surface area contributed by atoms with E-state index in [1.807, 2.05) is 0 Å². The van der Waals surface area contributed by atoms with Gasteiger partial charge in [0.25, 0.3) is 10.0 Å². The highest BCUT2D eigenvalue weighted by atomic mass is 35.5. The Morgan fingerprint density at radius 2 is 1.76 bits per heavy atom. The van der Waals surface area contributed by atoms with Crippen molar-refractivity contribution in [2.75, 3.05) is 12.8 Å². The number of benzene rings is 1. The summed E-state index contributed by atoms with van der Waals surface area (Å²) in [4.78, 5) is -0.0565. The molecule has 1 rings (SSSR count). The summed E-state index contributed by atoms with van der Waals surface area (Å²) in [5, 5.41) is 0.165. The second kappa shape index (κ2) is 5.35. The van der Waals surface area contributed by atoms with E-state index in [1.165, 1.54) is 25.4 Å². The molecule has 0 amide bonds. The predicted molar refractivity (Wildman–Crippen MR) is 70.8 cm³/mol. The summed E-state index contributed by atoms with van der Waals surface area (Å²) in [5.74, 6) is 0. The van der Waals surface area contributed by atoms with Crippen molar-refractivity contribution in [3.63, 3.8) is 0 Å². The highest BCUT2D eigenvalue weighted by Crippen LogP contribution is 2.31. The minimum atomic E-state index is -3.73. The number of anilines is 1. The molecule has 1 aromatic rings. The number of sulfonamides is 1. The van der Waals surface area contributed by atoms with Gasteiger partial charge in [-0.2, -0.15) is 0 Å². The van der Waals surface area contributed by atoms with Crippen molar-refractivity contribution in [3.05, 3.63) is 33.9 Å². The van der Waals surface area contributed by atoms with Crippen molar-refractivity contribution in [2.45, 2.75) is 4.90 Å². The fraction of sp³-hybridized carbons (Fsp3) is 0.111. The molecule has 17 heavy (non-hydrogen) atoms. The van der Waals surface area contributed by atoms with Gasteiger partial charge in [-0.3, -0.25) is 4.31 Å². The van der Waals surface area contributed by atoms with Gasteiger partial charge in [0, 0.05) is 18.8 Å². The van der Waals surface area contributed by atoms with Crippen LogP contribution >= 0.6 is 34.8 Å². The number of nitrogens with two attached hydrogens (primary N) is 1. The number of nitrogen functional groups attached to an aromatic ring is 1. The monoisotopic (exact) mass is 314 g/mol. The van der Waals surface area contributed by atoms with Gasteiger partial charge in [0.05, 0.1) is 20.6 Å². The summed E-state index contributed by atoms with van der Waals surface area (Å²) in [6, 6.07) is 2.47. The van der Waals surface area contributed by atoms with Crippen molar-refractivity contribution < 1.29 is 8.42 Å². The van der Waals surface area contributed by atoms with E-state index in [0.717, 1.165) is 9.84 Å². The van der Waals surface area contributed by atoms with Gasteiger partial charge in [0.15, 0.2) is 0 Å². The summed E-state index contributed by atoms with van der Waals surface area (Å²) in [5.41, 5.74) is 6.74. The molecule has 0 spiro atoms. The van der Waals surface area contributed by atoms with E-state index in [4.69, 9.17) is 40.5 Å². The van der Waals surface area contributed by atoms with Gasteiger partial charge in [0.2, 0.25) is 0 Å². The van der Waals surface area contributed by atoms with Crippen LogP contribution in [-0.2, 0) is 10.0 Å². The van der Waals surface area contributed by atoms with Crippen LogP contribution < -0.4 is 5.73 Å². The SMILES string of the molecule is CN(/C=C\Cl)S(=O)(=O)c1cc(Cl)c(N)c(Cl)c1. The van der Waals surface area contributed by atoms with Crippen LogP contribution in [0.5, 0.6) is 0 Å². The van der Waals surface area contributed by atoms with E-state index in [9.17, 15) is 8.42 Å². The molecule has 0 fully saturated rings. The molecule has 0 atom stereocenters. The highest BCUT2D eigenvalue weighted by Gasteiger charge is 2.20. The maximum absolute atomic E-state index is 12.0. The average Bonchev–Trinajstić information content (AvgIpc) is 2.25. The molecular weight excluding hydrogens is 307 g/mol. The Balaban J connectivity index is 3.35. The highest BCUT2D eigenvalue weighted by molar-refractivity contribution is 7.89. The lowest BCUT2D eigenvalue weighted by Gasteiger charge is -2.15. The molecule has 8 heteroatoms. The molecule has 0 aliphatic heterocycles. The average molecular weight is 316 g/mol. The standard InChI is InChI=1S/C9H9Cl3N2O2S/c1-14(3-2-10)17(15,16)6-4-7(11)9(13)8(12)5-6/h2-5H,13H2,1H3/b3-2-. The number of hydrogen-bond donors (Lipinski definition) is 1. The topological polar surface area (TPSA) is 63.4 Å². The third kappa shape index (κ3) is 2.98. The molecule has 0 saturated heterocycles. The largest absolute Gasteiger partial charge is 0.396 e. The summed E-state index contributed by atoms with van der Waals surface area (Å²) in [6.45, 7) is 0. The summed E-state index contributed by atoms with van der Waals surface area (Å²) in [6.07, 6.45) is 1.19. The maximum atomic E-state index is 12.0. The van der Waals surface area contributed by atoms with Crippen molar-refractivity contribution >= 4 is 50.5 Å². The Morgan fingerprint density at radius 3 is 2.18 bits per heavy atom. The Hall–Kier alpha value is -0.620. The zero-order valence-corrected chi connectivity index (χ0v) is 11.8. The van der Waals surface area contributed by atoms with Crippen LogP contribution in [-0.4, -0.2) is 19.8 Å². The van der Waals surface area contributed by atoms with Crippen LogP contribution in [0.2, 0.25) is 10.0 Å². The van der Waals surface area contributed by atoms with Crippen molar-refractivity contribution in [2.24, 2.45) is 0 Å². The van der Waals surface area contributed by atoms with Crippen molar-refractivity contribution in [1.82, 2.24) is 4.31 Å². The van der Waals surface area contributed by atoms with E-state index < -0.39 is 10.0 Å². The van der Waals surface area contributed by atoms with Gasteiger partial charge >= 0.3 is 0 Å². The Kier molecular flexibility index (Phi) is 4.55. The van der Waals surface area contributed by atoms with Gasteiger partial charge in [-0.25, -0.2) is 8.42 Å². The number of halogens is 3. The van der Waals surface area contributed by atoms with Crippen molar-refractivity contribution in [1.29, 1.82) is 0 Å². The number of rotatable bonds is 3. The Labute approximate surface area is 115 Å². The summed E-state index contributed by atoms with van der Waals surface area (Å²) in [7, 11) is -2.39. The summed E-state index contributed by atoms with van der Waals surface area (Å²) < 4.78 is 24.9. The van der Waals surface area contributed by atoms with Crippen LogP contribution in [0.1, 0.15) is 0 Å². The molecule has 0 aliphatic rings. The first-order valence-electron chi connectivity index (χ1n) is 4.30. The van der Waals surface area contributed by atoms with Crippen LogP contribution in [0, 0.1) is 0 Å². The van der Waals surface area contributed by atoms with Gasteiger partial charge in [-0.15, -0.1) is 0 Å². The van der Waals surface area contributed by atoms with Gasteiger partial charge < -0.3 is 5.73 Å². The Bertz CT molecular complexity index is 534.